The molecule has 0 saturated carbocycles. The lowest BCUT2D eigenvalue weighted by molar-refractivity contribution is -0.116. The maximum atomic E-state index is 12.4. The standard InChI is InChI=1S/C21H22ClN3O/c1-14-13-17(22)9-11-20(14)23-21(26)12-10-19-15(2)24-25(16(19)3)18-7-5-4-6-8-18/h4-9,11,13H,10,12H2,1-3H3,(H,23,26). The van der Waals surface area contributed by atoms with E-state index in [2.05, 4.69) is 10.4 Å². The zero-order valence-corrected chi connectivity index (χ0v) is 16.0. The number of carbonyl (C=O) groups is 1. The van der Waals surface area contributed by atoms with Crippen LogP contribution in [0.15, 0.2) is 48.5 Å². The first-order valence-electron chi connectivity index (χ1n) is 8.62. The van der Waals surface area contributed by atoms with Gasteiger partial charge in [0.2, 0.25) is 5.91 Å². The molecule has 0 saturated heterocycles. The highest BCUT2D eigenvalue weighted by atomic mass is 35.5. The summed E-state index contributed by atoms with van der Waals surface area (Å²) in [5.74, 6) is -0.0123. The van der Waals surface area contributed by atoms with Crippen molar-refractivity contribution in [1.82, 2.24) is 9.78 Å². The van der Waals surface area contributed by atoms with E-state index >= 15 is 0 Å². The van der Waals surface area contributed by atoms with Crippen molar-refractivity contribution >= 4 is 23.2 Å². The molecule has 3 aromatic rings. The Labute approximate surface area is 158 Å². The number of carbonyl (C=O) groups excluding carboxylic acids is 1. The number of benzene rings is 2. The SMILES string of the molecule is Cc1cc(Cl)ccc1NC(=O)CCc1c(C)nn(-c2ccccc2)c1C. The molecule has 0 atom stereocenters. The highest BCUT2D eigenvalue weighted by molar-refractivity contribution is 6.30. The number of aromatic nitrogens is 2. The molecule has 1 aromatic heterocycles. The number of hydrogen-bond acceptors (Lipinski definition) is 2. The van der Waals surface area contributed by atoms with E-state index in [1.807, 2.05) is 67.9 Å². The van der Waals surface area contributed by atoms with E-state index in [1.165, 1.54) is 0 Å². The summed E-state index contributed by atoms with van der Waals surface area (Å²) in [5, 5.41) is 8.26. The number of anilines is 1. The Morgan fingerprint density at radius 2 is 1.85 bits per heavy atom. The van der Waals surface area contributed by atoms with Crippen LogP contribution in [-0.2, 0) is 11.2 Å². The zero-order valence-electron chi connectivity index (χ0n) is 15.2. The van der Waals surface area contributed by atoms with Gasteiger partial charge >= 0.3 is 0 Å². The van der Waals surface area contributed by atoms with Crippen LogP contribution in [-0.4, -0.2) is 15.7 Å². The summed E-state index contributed by atoms with van der Waals surface area (Å²) >= 11 is 5.96. The minimum atomic E-state index is -0.0123. The molecule has 1 heterocycles. The van der Waals surface area contributed by atoms with Gasteiger partial charge in [-0.1, -0.05) is 29.8 Å². The second kappa shape index (κ2) is 7.75. The quantitative estimate of drug-likeness (QED) is 0.688. The van der Waals surface area contributed by atoms with Gasteiger partial charge in [0.25, 0.3) is 0 Å². The van der Waals surface area contributed by atoms with Crippen LogP contribution in [0.5, 0.6) is 0 Å². The van der Waals surface area contributed by atoms with Crippen LogP contribution in [0.4, 0.5) is 5.69 Å². The Balaban J connectivity index is 1.70. The molecule has 0 aliphatic rings. The Kier molecular flexibility index (Phi) is 5.43. The lowest BCUT2D eigenvalue weighted by Gasteiger charge is -2.09. The fraction of sp³-hybridized carbons (Fsp3) is 0.238. The molecule has 0 radical (unpaired) electrons. The van der Waals surface area contributed by atoms with E-state index in [-0.39, 0.29) is 5.91 Å². The lowest BCUT2D eigenvalue weighted by atomic mass is 10.1. The molecule has 26 heavy (non-hydrogen) atoms. The van der Waals surface area contributed by atoms with Gasteiger partial charge < -0.3 is 5.32 Å². The molecule has 1 amide bonds. The fourth-order valence-electron chi connectivity index (χ4n) is 3.08. The largest absolute Gasteiger partial charge is 0.326 e. The summed E-state index contributed by atoms with van der Waals surface area (Å²) in [7, 11) is 0. The smallest absolute Gasteiger partial charge is 0.224 e. The van der Waals surface area contributed by atoms with Crippen LogP contribution >= 0.6 is 11.6 Å². The number of aryl methyl sites for hydroxylation is 2. The molecule has 0 bridgehead atoms. The Morgan fingerprint density at radius 1 is 1.12 bits per heavy atom. The third-order valence-corrected chi connectivity index (χ3v) is 4.74. The number of hydrogen-bond donors (Lipinski definition) is 1. The molecule has 0 aliphatic heterocycles. The van der Waals surface area contributed by atoms with E-state index in [0.29, 0.717) is 17.9 Å². The highest BCUT2D eigenvalue weighted by Gasteiger charge is 2.14. The number of halogens is 1. The summed E-state index contributed by atoms with van der Waals surface area (Å²) in [6.45, 7) is 5.96. The Morgan fingerprint density at radius 3 is 2.54 bits per heavy atom. The van der Waals surface area contributed by atoms with Gasteiger partial charge in [-0.2, -0.15) is 5.10 Å². The number of amides is 1. The van der Waals surface area contributed by atoms with Crippen molar-refractivity contribution in [2.75, 3.05) is 5.32 Å². The highest BCUT2D eigenvalue weighted by Crippen LogP contribution is 2.21. The fourth-order valence-corrected chi connectivity index (χ4v) is 3.30. The second-order valence-electron chi connectivity index (χ2n) is 6.40. The molecule has 1 N–H and O–H groups in total. The molecule has 2 aromatic carbocycles. The molecule has 134 valence electrons. The lowest BCUT2D eigenvalue weighted by Crippen LogP contribution is -2.13. The van der Waals surface area contributed by atoms with E-state index in [4.69, 9.17) is 11.6 Å². The molecule has 0 fully saturated rings. The monoisotopic (exact) mass is 367 g/mol. The Bertz CT molecular complexity index is 932. The van der Waals surface area contributed by atoms with Crippen molar-refractivity contribution < 1.29 is 4.79 Å². The summed E-state index contributed by atoms with van der Waals surface area (Å²) < 4.78 is 1.94. The number of para-hydroxylation sites is 1. The molecule has 0 spiro atoms. The first-order chi connectivity index (χ1) is 12.5. The van der Waals surface area contributed by atoms with Crippen LogP contribution in [0.1, 0.15) is 28.9 Å². The minimum Gasteiger partial charge on any atom is -0.326 e. The van der Waals surface area contributed by atoms with Crippen molar-refractivity contribution in [3.8, 4) is 5.69 Å². The van der Waals surface area contributed by atoms with Gasteiger partial charge in [0.1, 0.15) is 0 Å². The van der Waals surface area contributed by atoms with E-state index in [1.54, 1.807) is 6.07 Å². The van der Waals surface area contributed by atoms with Crippen LogP contribution in [0.3, 0.4) is 0 Å². The van der Waals surface area contributed by atoms with E-state index in [0.717, 1.165) is 33.9 Å². The Hall–Kier alpha value is -2.59. The molecular weight excluding hydrogens is 346 g/mol. The zero-order chi connectivity index (χ0) is 18.7. The minimum absolute atomic E-state index is 0.0123. The van der Waals surface area contributed by atoms with Crippen molar-refractivity contribution in [1.29, 1.82) is 0 Å². The summed E-state index contributed by atoms with van der Waals surface area (Å²) in [6.07, 6.45) is 1.06. The average molecular weight is 368 g/mol. The van der Waals surface area contributed by atoms with Gasteiger partial charge in [-0.3, -0.25) is 4.79 Å². The van der Waals surface area contributed by atoms with Gasteiger partial charge in [-0.25, -0.2) is 4.68 Å². The first-order valence-corrected chi connectivity index (χ1v) is 9.00. The number of nitrogens with zero attached hydrogens (tertiary/aromatic N) is 2. The van der Waals surface area contributed by atoms with Crippen LogP contribution in [0.25, 0.3) is 5.69 Å². The van der Waals surface area contributed by atoms with E-state index < -0.39 is 0 Å². The van der Waals surface area contributed by atoms with Crippen LogP contribution in [0, 0.1) is 20.8 Å². The van der Waals surface area contributed by atoms with Crippen molar-refractivity contribution in [3.05, 3.63) is 76.1 Å². The summed E-state index contributed by atoms with van der Waals surface area (Å²) in [4.78, 5) is 12.4. The van der Waals surface area contributed by atoms with Gasteiger partial charge in [0.05, 0.1) is 11.4 Å². The van der Waals surface area contributed by atoms with Crippen molar-refractivity contribution in [2.24, 2.45) is 0 Å². The van der Waals surface area contributed by atoms with Crippen molar-refractivity contribution in [3.63, 3.8) is 0 Å². The summed E-state index contributed by atoms with van der Waals surface area (Å²) in [6, 6.07) is 15.5. The third-order valence-electron chi connectivity index (χ3n) is 4.51. The molecule has 4 nitrogen and oxygen atoms in total. The van der Waals surface area contributed by atoms with Gasteiger partial charge in [-0.05, 0) is 68.7 Å². The molecular formula is C21H22ClN3O. The number of rotatable bonds is 5. The van der Waals surface area contributed by atoms with Gasteiger partial charge in [0, 0.05) is 22.8 Å². The van der Waals surface area contributed by atoms with Crippen molar-refractivity contribution in [2.45, 2.75) is 33.6 Å². The normalized spacial score (nSPS) is 10.8. The molecule has 0 aliphatic carbocycles. The third kappa shape index (κ3) is 3.97. The molecule has 3 rings (SSSR count). The predicted molar refractivity (Wildman–Crippen MR) is 106 cm³/mol. The maximum Gasteiger partial charge on any atom is 0.224 e. The maximum absolute atomic E-state index is 12.4. The van der Waals surface area contributed by atoms with E-state index in [9.17, 15) is 4.79 Å². The first kappa shape index (κ1) is 18.2. The topological polar surface area (TPSA) is 46.9 Å². The molecule has 0 unspecified atom stereocenters. The predicted octanol–water partition coefficient (Wildman–Crippen LogP) is 5.02. The van der Waals surface area contributed by atoms with Crippen LogP contribution in [0.2, 0.25) is 5.02 Å². The van der Waals surface area contributed by atoms with Gasteiger partial charge in [0.15, 0.2) is 0 Å². The molecule has 5 heteroatoms. The van der Waals surface area contributed by atoms with Gasteiger partial charge in [-0.15, -0.1) is 0 Å². The number of nitrogens with one attached hydrogen (secondary N) is 1. The van der Waals surface area contributed by atoms with Crippen LogP contribution < -0.4 is 5.32 Å². The summed E-state index contributed by atoms with van der Waals surface area (Å²) in [5.41, 5.74) is 5.94. The second-order valence-corrected chi connectivity index (χ2v) is 6.84. The average Bonchev–Trinajstić information content (AvgIpc) is 2.90.